The summed E-state index contributed by atoms with van der Waals surface area (Å²) >= 11 is 2.35. The Bertz CT molecular complexity index is 305. The summed E-state index contributed by atoms with van der Waals surface area (Å²) in [6.07, 6.45) is 4.05. The Balaban J connectivity index is 2.15. The highest BCUT2D eigenvalue weighted by Crippen LogP contribution is 2.30. The molecule has 0 unspecified atom stereocenters. The van der Waals surface area contributed by atoms with E-state index in [1.807, 2.05) is 0 Å². The minimum atomic E-state index is 0.501. The van der Waals surface area contributed by atoms with Gasteiger partial charge in [-0.1, -0.05) is 13.0 Å². The molecule has 70 valence electrons. The summed E-state index contributed by atoms with van der Waals surface area (Å²) in [5.41, 5.74) is 1.38. The second-order valence-electron chi connectivity index (χ2n) is 3.44. The maximum Gasteiger partial charge on any atom is 0.133 e. The number of hydrogen-bond acceptors (Lipinski definition) is 1. The minimum Gasteiger partial charge on any atom is -0.489 e. The van der Waals surface area contributed by atoms with Gasteiger partial charge in [0.1, 0.15) is 5.75 Å². The first-order chi connectivity index (χ1) is 6.29. The highest BCUT2D eigenvalue weighted by Gasteiger charge is 2.24. The molecule has 1 aliphatic rings. The quantitative estimate of drug-likeness (QED) is 0.775. The monoisotopic (exact) mass is 288 g/mol. The molecule has 0 amide bonds. The van der Waals surface area contributed by atoms with Crippen molar-refractivity contribution in [3.63, 3.8) is 0 Å². The Morgan fingerprint density at radius 2 is 2.23 bits per heavy atom. The fourth-order valence-electron chi connectivity index (χ4n) is 1.23. The molecule has 0 N–H and O–H groups in total. The first-order valence-electron chi connectivity index (χ1n) is 4.74. The molecule has 1 aromatic rings. The van der Waals surface area contributed by atoms with E-state index in [1.165, 1.54) is 22.0 Å². The van der Waals surface area contributed by atoms with E-state index in [9.17, 15) is 0 Å². The Kier molecular flexibility index (Phi) is 2.77. The second kappa shape index (κ2) is 3.86. The summed E-state index contributed by atoms with van der Waals surface area (Å²) in [7, 11) is 0. The summed E-state index contributed by atoms with van der Waals surface area (Å²) in [4.78, 5) is 0. The third kappa shape index (κ3) is 2.36. The molecule has 1 saturated carbocycles. The lowest BCUT2D eigenvalue weighted by Gasteiger charge is -2.07. The third-order valence-corrected chi connectivity index (χ3v) is 3.07. The van der Waals surface area contributed by atoms with Crippen molar-refractivity contribution >= 4 is 22.6 Å². The molecule has 1 nitrogen and oxygen atoms in total. The maximum absolute atomic E-state index is 5.75. The van der Waals surface area contributed by atoms with Crippen molar-refractivity contribution in [2.45, 2.75) is 32.3 Å². The zero-order valence-electron chi connectivity index (χ0n) is 7.72. The summed E-state index contributed by atoms with van der Waals surface area (Å²) in [6.45, 7) is 2.17. The first-order valence-corrected chi connectivity index (χ1v) is 5.82. The van der Waals surface area contributed by atoms with Crippen LogP contribution in [-0.2, 0) is 6.42 Å². The molecule has 0 bridgehead atoms. The Morgan fingerprint density at radius 1 is 1.46 bits per heavy atom. The Morgan fingerprint density at radius 3 is 2.77 bits per heavy atom. The molecule has 1 fully saturated rings. The fraction of sp³-hybridized carbons (Fsp3) is 0.455. The van der Waals surface area contributed by atoms with Crippen LogP contribution in [0.4, 0.5) is 0 Å². The number of aryl methyl sites for hydroxylation is 1. The first kappa shape index (κ1) is 9.31. The summed E-state index contributed by atoms with van der Waals surface area (Å²) in [6, 6.07) is 6.46. The molecule has 13 heavy (non-hydrogen) atoms. The highest BCUT2D eigenvalue weighted by molar-refractivity contribution is 14.1. The Labute approximate surface area is 92.6 Å². The van der Waals surface area contributed by atoms with Crippen LogP contribution >= 0.6 is 22.6 Å². The zero-order chi connectivity index (χ0) is 9.26. The van der Waals surface area contributed by atoms with Crippen molar-refractivity contribution in [2.75, 3.05) is 0 Å². The van der Waals surface area contributed by atoms with Crippen LogP contribution in [0.2, 0.25) is 0 Å². The molecule has 2 heteroatoms. The van der Waals surface area contributed by atoms with Gasteiger partial charge in [-0.15, -0.1) is 0 Å². The second-order valence-corrected chi connectivity index (χ2v) is 4.60. The lowest BCUT2D eigenvalue weighted by atomic mass is 10.2. The number of hydrogen-bond donors (Lipinski definition) is 0. The van der Waals surface area contributed by atoms with Crippen molar-refractivity contribution in [2.24, 2.45) is 0 Å². The van der Waals surface area contributed by atoms with Crippen LogP contribution in [0.15, 0.2) is 18.2 Å². The summed E-state index contributed by atoms with van der Waals surface area (Å²) < 4.78 is 6.99. The predicted molar refractivity (Wildman–Crippen MR) is 62.2 cm³/mol. The lowest BCUT2D eigenvalue weighted by molar-refractivity contribution is 0.301. The van der Waals surface area contributed by atoms with Crippen molar-refractivity contribution in [1.29, 1.82) is 0 Å². The van der Waals surface area contributed by atoms with Gasteiger partial charge in [0, 0.05) is 0 Å². The van der Waals surface area contributed by atoms with E-state index in [2.05, 4.69) is 47.7 Å². The number of halogens is 1. The van der Waals surface area contributed by atoms with Crippen molar-refractivity contribution in [3.8, 4) is 5.75 Å². The average Bonchev–Trinajstić information content (AvgIpc) is 2.92. The molecular formula is C11H13IO. The molecule has 1 aromatic carbocycles. The molecule has 1 aliphatic carbocycles. The van der Waals surface area contributed by atoms with Crippen LogP contribution in [0.1, 0.15) is 25.3 Å². The fourth-order valence-corrected chi connectivity index (χ4v) is 1.93. The maximum atomic E-state index is 5.75. The molecule has 0 saturated heterocycles. The van der Waals surface area contributed by atoms with Crippen LogP contribution in [-0.4, -0.2) is 6.10 Å². The zero-order valence-corrected chi connectivity index (χ0v) is 9.87. The van der Waals surface area contributed by atoms with Crippen molar-refractivity contribution in [1.82, 2.24) is 0 Å². The van der Waals surface area contributed by atoms with Gasteiger partial charge in [0.05, 0.1) is 9.67 Å². The molecule has 0 radical (unpaired) electrons. The number of rotatable bonds is 3. The van der Waals surface area contributed by atoms with Gasteiger partial charge >= 0.3 is 0 Å². The smallest absolute Gasteiger partial charge is 0.133 e. The van der Waals surface area contributed by atoms with Crippen LogP contribution in [0.5, 0.6) is 5.75 Å². The van der Waals surface area contributed by atoms with E-state index in [1.54, 1.807) is 0 Å². The normalized spacial score (nSPS) is 15.8. The van der Waals surface area contributed by atoms with Gasteiger partial charge in [0.25, 0.3) is 0 Å². The molecular weight excluding hydrogens is 275 g/mol. The molecule has 0 aromatic heterocycles. The third-order valence-electron chi connectivity index (χ3n) is 2.22. The molecule has 0 heterocycles. The van der Waals surface area contributed by atoms with Gasteiger partial charge < -0.3 is 4.74 Å². The van der Waals surface area contributed by atoms with E-state index >= 15 is 0 Å². The van der Waals surface area contributed by atoms with Crippen molar-refractivity contribution < 1.29 is 4.74 Å². The van der Waals surface area contributed by atoms with Gasteiger partial charge in [-0.2, -0.15) is 0 Å². The van der Waals surface area contributed by atoms with Crippen LogP contribution < -0.4 is 4.74 Å². The van der Waals surface area contributed by atoms with Gasteiger partial charge in [-0.25, -0.2) is 0 Å². The Hall–Kier alpha value is -0.250. The summed E-state index contributed by atoms with van der Waals surface area (Å²) in [5.74, 6) is 1.06. The molecule has 0 spiro atoms. The SMILES string of the molecule is CCc1ccc(OC2CC2)c(I)c1. The predicted octanol–water partition coefficient (Wildman–Crippen LogP) is 3.39. The van der Waals surface area contributed by atoms with E-state index in [-0.39, 0.29) is 0 Å². The van der Waals surface area contributed by atoms with Gasteiger partial charge in [-0.3, -0.25) is 0 Å². The van der Waals surface area contributed by atoms with Gasteiger partial charge in [0.2, 0.25) is 0 Å². The largest absolute Gasteiger partial charge is 0.489 e. The average molecular weight is 288 g/mol. The molecule has 0 aliphatic heterocycles. The van der Waals surface area contributed by atoms with Gasteiger partial charge in [-0.05, 0) is 59.5 Å². The van der Waals surface area contributed by atoms with Crippen LogP contribution in [0.3, 0.4) is 0 Å². The van der Waals surface area contributed by atoms with Gasteiger partial charge in [0.15, 0.2) is 0 Å². The molecule has 0 atom stereocenters. The van der Waals surface area contributed by atoms with E-state index in [4.69, 9.17) is 4.74 Å². The van der Waals surface area contributed by atoms with E-state index < -0.39 is 0 Å². The van der Waals surface area contributed by atoms with Crippen molar-refractivity contribution in [3.05, 3.63) is 27.3 Å². The highest BCUT2D eigenvalue weighted by atomic mass is 127. The van der Waals surface area contributed by atoms with E-state index in [0.717, 1.165) is 12.2 Å². The van der Waals surface area contributed by atoms with Crippen LogP contribution in [0, 0.1) is 3.57 Å². The van der Waals surface area contributed by atoms with E-state index in [0.29, 0.717) is 6.10 Å². The number of ether oxygens (including phenoxy) is 1. The summed E-state index contributed by atoms with van der Waals surface area (Å²) in [5, 5.41) is 0. The topological polar surface area (TPSA) is 9.23 Å². The standard InChI is InChI=1S/C11H13IO/c1-2-8-3-6-11(10(12)7-8)13-9-4-5-9/h3,6-7,9H,2,4-5H2,1H3. The van der Waals surface area contributed by atoms with Crippen LogP contribution in [0.25, 0.3) is 0 Å². The lowest BCUT2D eigenvalue weighted by Crippen LogP contribution is -1.98. The number of benzene rings is 1. The minimum absolute atomic E-state index is 0.501. The molecule has 2 rings (SSSR count).